The summed E-state index contributed by atoms with van der Waals surface area (Å²) in [6, 6.07) is 7.62. The Morgan fingerprint density at radius 2 is 2.00 bits per heavy atom. The van der Waals surface area contributed by atoms with Crippen LogP contribution in [0, 0.1) is 17.2 Å². The highest BCUT2D eigenvalue weighted by Crippen LogP contribution is 2.14. The number of halogens is 1. The fraction of sp³-hybridized carbons (Fsp3) is 0.250. The van der Waals surface area contributed by atoms with Crippen LogP contribution < -0.4 is 0 Å². The van der Waals surface area contributed by atoms with E-state index >= 15 is 0 Å². The number of nitriles is 1. The van der Waals surface area contributed by atoms with E-state index in [1.807, 2.05) is 0 Å². The number of Topliss-reactive ketones (excluding diaryl/α,β-unsaturated/α-hetero) is 1. The summed E-state index contributed by atoms with van der Waals surface area (Å²) in [5.74, 6) is -2.83. The Kier molecular flexibility index (Phi) is 4.68. The van der Waals surface area contributed by atoms with Gasteiger partial charge in [0.15, 0.2) is 5.78 Å². The first-order valence-corrected chi connectivity index (χ1v) is 5.34. The molecule has 0 fully saturated rings. The predicted octanol–water partition coefficient (Wildman–Crippen LogP) is 2.23. The van der Waals surface area contributed by atoms with Gasteiger partial charge in [0.1, 0.15) is 0 Å². The zero-order valence-corrected chi connectivity index (χ0v) is 9.90. The minimum atomic E-state index is -1.42. The van der Waals surface area contributed by atoms with Crippen molar-refractivity contribution in [3.63, 3.8) is 0 Å². The highest BCUT2D eigenvalue weighted by atomic mass is 35.5. The monoisotopic (exact) mass is 251 g/mol. The third-order valence-electron chi connectivity index (χ3n) is 2.04. The topological polar surface area (TPSA) is 67.2 Å². The van der Waals surface area contributed by atoms with Crippen LogP contribution in [0.2, 0.25) is 5.02 Å². The van der Waals surface area contributed by atoms with Gasteiger partial charge in [0.05, 0.1) is 12.7 Å². The second kappa shape index (κ2) is 6.02. The molecule has 1 atom stereocenters. The Balaban J connectivity index is 2.91. The van der Waals surface area contributed by atoms with Crippen molar-refractivity contribution in [3.8, 4) is 6.07 Å². The van der Waals surface area contributed by atoms with Crippen molar-refractivity contribution in [2.75, 3.05) is 6.61 Å². The SMILES string of the molecule is CCOC(=O)[C@@H](C#N)C(=O)c1ccc(Cl)cc1. The molecule has 0 aromatic heterocycles. The van der Waals surface area contributed by atoms with E-state index in [-0.39, 0.29) is 12.2 Å². The van der Waals surface area contributed by atoms with Crippen LogP contribution in [0.5, 0.6) is 0 Å². The Labute approximate surface area is 104 Å². The van der Waals surface area contributed by atoms with E-state index in [0.717, 1.165) is 0 Å². The minimum absolute atomic E-state index is 0.130. The van der Waals surface area contributed by atoms with Crippen LogP contribution in [0.3, 0.4) is 0 Å². The first-order chi connectivity index (χ1) is 8.10. The van der Waals surface area contributed by atoms with Gasteiger partial charge in [-0.3, -0.25) is 9.59 Å². The fourth-order valence-electron chi connectivity index (χ4n) is 1.22. The molecule has 0 aliphatic rings. The van der Waals surface area contributed by atoms with Gasteiger partial charge >= 0.3 is 5.97 Å². The first-order valence-electron chi connectivity index (χ1n) is 4.96. The summed E-state index contributed by atoms with van der Waals surface area (Å²) in [5.41, 5.74) is 0.258. The van der Waals surface area contributed by atoms with E-state index < -0.39 is 17.7 Å². The van der Waals surface area contributed by atoms with Crippen molar-refractivity contribution < 1.29 is 14.3 Å². The highest BCUT2D eigenvalue weighted by Gasteiger charge is 2.28. The van der Waals surface area contributed by atoms with Crippen molar-refractivity contribution >= 4 is 23.4 Å². The molecule has 0 saturated heterocycles. The number of ketones is 1. The Bertz CT molecular complexity index is 462. The molecule has 4 nitrogen and oxygen atoms in total. The summed E-state index contributed by atoms with van der Waals surface area (Å²) in [4.78, 5) is 23.2. The van der Waals surface area contributed by atoms with Crippen molar-refractivity contribution in [2.24, 2.45) is 5.92 Å². The summed E-state index contributed by atoms with van der Waals surface area (Å²) < 4.78 is 4.65. The van der Waals surface area contributed by atoms with Gasteiger partial charge < -0.3 is 4.74 Å². The molecule has 0 amide bonds. The molecular weight excluding hydrogens is 242 g/mol. The summed E-state index contributed by atoms with van der Waals surface area (Å²) in [6.07, 6.45) is 0. The number of esters is 1. The van der Waals surface area contributed by atoms with Crippen molar-refractivity contribution in [2.45, 2.75) is 6.92 Å². The van der Waals surface area contributed by atoms with Crippen molar-refractivity contribution in [1.29, 1.82) is 5.26 Å². The lowest BCUT2D eigenvalue weighted by molar-refractivity contribution is -0.144. The number of hydrogen-bond donors (Lipinski definition) is 0. The molecule has 5 heteroatoms. The number of nitrogens with zero attached hydrogens (tertiary/aromatic N) is 1. The molecule has 0 N–H and O–H groups in total. The molecule has 0 unspecified atom stereocenters. The number of carbonyl (C=O) groups excluding carboxylic acids is 2. The lowest BCUT2D eigenvalue weighted by Gasteiger charge is -2.07. The maximum atomic E-state index is 11.8. The van der Waals surface area contributed by atoms with Gasteiger partial charge in [0.25, 0.3) is 0 Å². The number of rotatable bonds is 4. The zero-order chi connectivity index (χ0) is 12.8. The largest absolute Gasteiger partial charge is 0.465 e. The van der Waals surface area contributed by atoms with Gasteiger partial charge in [-0.1, -0.05) is 11.6 Å². The standard InChI is InChI=1S/C12H10ClNO3/c1-2-17-12(16)10(7-14)11(15)8-3-5-9(13)6-4-8/h3-6,10H,2H2,1H3/t10-/m0/s1. The molecule has 88 valence electrons. The van der Waals surface area contributed by atoms with Crippen LogP contribution in [-0.4, -0.2) is 18.4 Å². The number of hydrogen-bond acceptors (Lipinski definition) is 4. The van der Waals surface area contributed by atoms with E-state index in [1.165, 1.54) is 24.3 Å². The molecule has 0 saturated carbocycles. The van der Waals surface area contributed by atoms with Gasteiger partial charge in [-0.2, -0.15) is 5.26 Å². The van der Waals surface area contributed by atoms with E-state index in [2.05, 4.69) is 4.74 Å². The van der Waals surface area contributed by atoms with Crippen LogP contribution in [0.15, 0.2) is 24.3 Å². The molecular formula is C12H10ClNO3. The van der Waals surface area contributed by atoms with E-state index in [9.17, 15) is 9.59 Å². The molecule has 0 aliphatic heterocycles. The second-order valence-corrected chi connectivity index (χ2v) is 3.62. The van der Waals surface area contributed by atoms with E-state index in [4.69, 9.17) is 16.9 Å². The Hall–Kier alpha value is -1.86. The van der Waals surface area contributed by atoms with Crippen LogP contribution in [0.1, 0.15) is 17.3 Å². The third kappa shape index (κ3) is 3.30. The molecule has 17 heavy (non-hydrogen) atoms. The fourth-order valence-corrected chi connectivity index (χ4v) is 1.35. The van der Waals surface area contributed by atoms with Crippen molar-refractivity contribution in [1.82, 2.24) is 0 Å². The average molecular weight is 252 g/mol. The van der Waals surface area contributed by atoms with Gasteiger partial charge in [-0.05, 0) is 31.2 Å². The maximum Gasteiger partial charge on any atom is 0.331 e. The number of carbonyl (C=O) groups is 2. The van der Waals surface area contributed by atoms with Crippen LogP contribution >= 0.6 is 11.6 Å². The number of ether oxygens (including phenoxy) is 1. The summed E-state index contributed by atoms with van der Waals surface area (Å²) in [6.45, 7) is 1.74. The maximum absolute atomic E-state index is 11.8. The zero-order valence-electron chi connectivity index (χ0n) is 9.14. The van der Waals surface area contributed by atoms with Crippen LogP contribution in [0.4, 0.5) is 0 Å². The summed E-state index contributed by atoms with van der Waals surface area (Å²) in [7, 11) is 0. The summed E-state index contributed by atoms with van der Waals surface area (Å²) in [5, 5.41) is 9.29. The molecule has 1 aromatic rings. The van der Waals surface area contributed by atoms with E-state index in [1.54, 1.807) is 13.0 Å². The molecule has 1 rings (SSSR count). The van der Waals surface area contributed by atoms with Gasteiger partial charge in [-0.25, -0.2) is 0 Å². The van der Waals surface area contributed by atoms with Crippen LogP contribution in [0.25, 0.3) is 0 Å². The van der Waals surface area contributed by atoms with Gasteiger partial charge in [-0.15, -0.1) is 0 Å². The highest BCUT2D eigenvalue weighted by molar-refractivity contribution is 6.30. The third-order valence-corrected chi connectivity index (χ3v) is 2.29. The minimum Gasteiger partial charge on any atom is -0.465 e. The quantitative estimate of drug-likeness (QED) is 0.468. The molecule has 0 heterocycles. The lowest BCUT2D eigenvalue weighted by Crippen LogP contribution is -2.24. The Morgan fingerprint density at radius 1 is 1.41 bits per heavy atom. The van der Waals surface area contributed by atoms with E-state index in [0.29, 0.717) is 5.02 Å². The average Bonchev–Trinajstić information content (AvgIpc) is 2.31. The smallest absolute Gasteiger partial charge is 0.331 e. The van der Waals surface area contributed by atoms with Crippen molar-refractivity contribution in [3.05, 3.63) is 34.9 Å². The second-order valence-electron chi connectivity index (χ2n) is 3.19. The molecule has 0 spiro atoms. The predicted molar refractivity (Wildman–Crippen MR) is 61.5 cm³/mol. The lowest BCUT2D eigenvalue weighted by atomic mass is 9.99. The van der Waals surface area contributed by atoms with Gasteiger partial charge in [0, 0.05) is 10.6 Å². The number of benzene rings is 1. The first kappa shape index (κ1) is 13.2. The molecule has 1 aromatic carbocycles. The molecule has 0 aliphatic carbocycles. The molecule has 0 bridgehead atoms. The molecule has 0 radical (unpaired) electrons. The summed E-state index contributed by atoms with van der Waals surface area (Å²) >= 11 is 5.67. The van der Waals surface area contributed by atoms with Gasteiger partial charge in [0.2, 0.25) is 5.92 Å². The van der Waals surface area contributed by atoms with Crippen LogP contribution in [-0.2, 0) is 9.53 Å². The normalized spacial score (nSPS) is 11.4. The Morgan fingerprint density at radius 3 is 2.47 bits per heavy atom.